The van der Waals surface area contributed by atoms with Crippen LogP contribution in [0.25, 0.3) is 0 Å². The molecule has 1 aromatic rings. The van der Waals surface area contributed by atoms with Crippen molar-refractivity contribution in [2.24, 2.45) is 5.92 Å². The first kappa shape index (κ1) is 14.7. The molecule has 0 bridgehead atoms. The largest absolute Gasteiger partial charge is 0.489 e. The van der Waals surface area contributed by atoms with Gasteiger partial charge in [-0.2, -0.15) is 18.4 Å². The Hall–Kier alpha value is -2.37. The quantitative estimate of drug-likeness (QED) is 0.482. The third-order valence-electron chi connectivity index (χ3n) is 2.08. The number of rotatable bonds is 4. The fourth-order valence-corrected chi connectivity index (χ4v) is 1.10. The molecule has 0 fully saturated rings. The summed E-state index contributed by atoms with van der Waals surface area (Å²) in [6.45, 7) is -1.09. The van der Waals surface area contributed by atoms with E-state index in [0.717, 1.165) is 18.2 Å². The van der Waals surface area contributed by atoms with Gasteiger partial charge < -0.3 is 4.74 Å². The van der Waals surface area contributed by atoms with Gasteiger partial charge in [0.25, 0.3) is 5.69 Å². The Bertz CT molecular complexity index is 524. The van der Waals surface area contributed by atoms with Gasteiger partial charge in [0.15, 0.2) is 17.5 Å². The van der Waals surface area contributed by atoms with E-state index in [1.54, 1.807) is 0 Å². The second-order valence-corrected chi connectivity index (χ2v) is 3.41. The summed E-state index contributed by atoms with van der Waals surface area (Å²) in [5.41, 5.74) is -0.558. The molecular formula is C10H6F4N2O3. The number of hydrogen-bond acceptors (Lipinski definition) is 4. The third-order valence-corrected chi connectivity index (χ3v) is 2.08. The number of ether oxygens (including phenoxy) is 1. The zero-order valence-electron chi connectivity index (χ0n) is 9.15. The molecule has 0 aliphatic carbocycles. The molecule has 1 atom stereocenters. The molecule has 5 nitrogen and oxygen atoms in total. The van der Waals surface area contributed by atoms with Crippen LogP contribution in [0.4, 0.5) is 23.2 Å². The Morgan fingerprint density at radius 3 is 2.53 bits per heavy atom. The zero-order chi connectivity index (χ0) is 14.6. The predicted octanol–water partition coefficient (Wildman–Crippen LogP) is 2.81. The Morgan fingerprint density at radius 2 is 2.11 bits per heavy atom. The maximum absolute atomic E-state index is 13.3. The van der Waals surface area contributed by atoms with E-state index in [-0.39, 0.29) is 0 Å². The highest BCUT2D eigenvalue weighted by Crippen LogP contribution is 2.28. The summed E-state index contributed by atoms with van der Waals surface area (Å²) >= 11 is 0. The van der Waals surface area contributed by atoms with Crippen LogP contribution >= 0.6 is 0 Å². The molecule has 0 saturated heterocycles. The van der Waals surface area contributed by atoms with Crippen molar-refractivity contribution >= 4 is 5.69 Å². The van der Waals surface area contributed by atoms with Crippen molar-refractivity contribution in [3.8, 4) is 11.8 Å². The van der Waals surface area contributed by atoms with Crippen molar-refractivity contribution in [3.63, 3.8) is 0 Å². The van der Waals surface area contributed by atoms with Crippen molar-refractivity contribution in [1.29, 1.82) is 5.26 Å². The van der Waals surface area contributed by atoms with Gasteiger partial charge >= 0.3 is 6.18 Å². The van der Waals surface area contributed by atoms with Gasteiger partial charge in [-0.25, -0.2) is 4.39 Å². The number of hydrogen-bond donors (Lipinski definition) is 0. The topological polar surface area (TPSA) is 76.2 Å². The van der Waals surface area contributed by atoms with Gasteiger partial charge in [0.2, 0.25) is 0 Å². The van der Waals surface area contributed by atoms with Crippen LogP contribution in [0.2, 0.25) is 0 Å². The number of nitro benzene ring substituents is 1. The molecular weight excluding hydrogens is 272 g/mol. The monoisotopic (exact) mass is 278 g/mol. The first-order chi connectivity index (χ1) is 8.75. The molecule has 19 heavy (non-hydrogen) atoms. The van der Waals surface area contributed by atoms with Crippen LogP contribution in [0.3, 0.4) is 0 Å². The lowest BCUT2D eigenvalue weighted by Gasteiger charge is -2.14. The van der Waals surface area contributed by atoms with Crippen molar-refractivity contribution < 1.29 is 27.2 Å². The minimum atomic E-state index is -4.79. The Balaban J connectivity index is 2.79. The third kappa shape index (κ3) is 3.80. The first-order valence-corrected chi connectivity index (χ1v) is 4.78. The summed E-state index contributed by atoms with van der Waals surface area (Å²) in [4.78, 5) is 9.45. The van der Waals surface area contributed by atoms with Gasteiger partial charge in [-0.15, -0.1) is 0 Å². The zero-order valence-corrected chi connectivity index (χ0v) is 9.15. The Kier molecular flexibility index (Phi) is 4.26. The molecule has 0 aromatic heterocycles. The van der Waals surface area contributed by atoms with Crippen LogP contribution in [0.5, 0.6) is 5.75 Å². The molecule has 0 N–H and O–H groups in total. The van der Waals surface area contributed by atoms with Gasteiger partial charge in [-0.1, -0.05) is 0 Å². The Morgan fingerprint density at radius 1 is 1.47 bits per heavy atom. The van der Waals surface area contributed by atoms with Crippen LogP contribution in [0.15, 0.2) is 18.2 Å². The number of alkyl halides is 3. The van der Waals surface area contributed by atoms with Crippen LogP contribution < -0.4 is 4.74 Å². The van der Waals surface area contributed by atoms with Gasteiger partial charge in [-0.3, -0.25) is 10.1 Å². The van der Waals surface area contributed by atoms with Crippen molar-refractivity contribution in [1.82, 2.24) is 0 Å². The van der Waals surface area contributed by atoms with E-state index in [2.05, 4.69) is 4.74 Å². The number of nitriles is 1. The van der Waals surface area contributed by atoms with E-state index in [9.17, 15) is 27.7 Å². The molecule has 0 saturated carbocycles. The molecule has 1 rings (SSSR count). The SMILES string of the molecule is N#CC(COc1ccc([N+](=O)[O-])cc1F)C(F)(F)F. The molecule has 0 aliphatic heterocycles. The number of nitrogens with zero attached hydrogens (tertiary/aromatic N) is 2. The molecule has 102 valence electrons. The van der Waals surface area contributed by atoms with E-state index in [1.165, 1.54) is 0 Å². The summed E-state index contributed by atoms with van der Waals surface area (Å²) in [7, 11) is 0. The molecule has 9 heteroatoms. The van der Waals surface area contributed by atoms with Crippen LogP contribution in [-0.4, -0.2) is 17.7 Å². The molecule has 0 heterocycles. The predicted molar refractivity (Wildman–Crippen MR) is 53.7 cm³/mol. The van der Waals surface area contributed by atoms with Crippen LogP contribution in [0, 0.1) is 33.2 Å². The second kappa shape index (κ2) is 5.51. The van der Waals surface area contributed by atoms with Crippen molar-refractivity contribution in [2.75, 3.05) is 6.61 Å². The maximum atomic E-state index is 13.3. The van der Waals surface area contributed by atoms with Gasteiger partial charge in [-0.05, 0) is 6.07 Å². The maximum Gasteiger partial charge on any atom is 0.407 e. The fourth-order valence-electron chi connectivity index (χ4n) is 1.10. The average molecular weight is 278 g/mol. The summed E-state index contributed by atoms with van der Waals surface area (Å²) in [6.07, 6.45) is -4.79. The molecule has 0 amide bonds. The highest BCUT2D eigenvalue weighted by Gasteiger charge is 2.40. The average Bonchev–Trinajstić information content (AvgIpc) is 2.29. The summed E-state index contributed by atoms with van der Waals surface area (Å²) in [5.74, 6) is -4.16. The smallest absolute Gasteiger partial charge is 0.407 e. The minimum Gasteiger partial charge on any atom is -0.489 e. The lowest BCUT2D eigenvalue weighted by molar-refractivity contribution is -0.385. The lowest BCUT2D eigenvalue weighted by Crippen LogP contribution is -2.27. The molecule has 0 aliphatic rings. The lowest BCUT2D eigenvalue weighted by atomic mass is 10.2. The van der Waals surface area contributed by atoms with Gasteiger partial charge in [0.1, 0.15) is 6.61 Å². The Labute approximate surface area is 104 Å². The normalized spacial score (nSPS) is 12.6. The summed E-state index contributed by atoms with van der Waals surface area (Å²) < 4.78 is 54.4. The number of nitro groups is 1. The molecule has 0 radical (unpaired) electrons. The van der Waals surface area contributed by atoms with Crippen molar-refractivity contribution in [3.05, 3.63) is 34.1 Å². The fraction of sp³-hybridized carbons (Fsp3) is 0.300. The highest BCUT2D eigenvalue weighted by atomic mass is 19.4. The van der Waals surface area contributed by atoms with Crippen LogP contribution in [-0.2, 0) is 0 Å². The van der Waals surface area contributed by atoms with E-state index in [0.29, 0.717) is 6.07 Å². The van der Waals surface area contributed by atoms with Crippen LogP contribution in [0.1, 0.15) is 0 Å². The summed E-state index contributed by atoms with van der Waals surface area (Å²) in [6, 6.07) is 3.21. The molecule has 1 unspecified atom stereocenters. The minimum absolute atomic E-state index is 0.518. The van der Waals surface area contributed by atoms with Gasteiger partial charge in [0.05, 0.1) is 17.1 Å². The number of halogens is 4. The summed E-state index contributed by atoms with van der Waals surface area (Å²) in [5, 5.41) is 18.6. The van der Waals surface area contributed by atoms with E-state index in [1.807, 2.05) is 0 Å². The number of benzene rings is 1. The van der Waals surface area contributed by atoms with E-state index < -0.39 is 40.9 Å². The van der Waals surface area contributed by atoms with E-state index >= 15 is 0 Å². The second-order valence-electron chi connectivity index (χ2n) is 3.41. The first-order valence-electron chi connectivity index (χ1n) is 4.78. The van der Waals surface area contributed by atoms with Crippen molar-refractivity contribution in [2.45, 2.75) is 6.18 Å². The standard InChI is InChI=1S/C10H6F4N2O3/c11-8-3-7(16(17)18)1-2-9(8)19-5-6(4-15)10(12,13)14/h1-3,6H,5H2. The van der Waals surface area contributed by atoms with Gasteiger partial charge in [0, 0.05) is 6.07 Å². The highest BCUT2D eigenvalue weighted by molar-refractivity contribution is 5.37. The molecule has 0 spiro atoms. The number of non-ortho nitro benzene ring substituents is 1. The van der Waals surface area contributed by atoms with E-state index in [4.69, 9.17) is 5.26 Å². The molecule has 1 aromatic carbocycles.